The molecule has 1 saturated heterocycles. The molecule has 2 rings (SSSR count). The van der Waals surface area contributed by atoms with E-state index >= 15 is 0 Å². The second-order valence-electron chi connectivity index (χ2n) is 4.60. The largest absolute Gasteiger partial charge is 0.293 e. The maximum atomic E-state index is 11.7. The molecule has 1 aromatic carbocycles. The summed E-state index contributed by atoms with van der Waals surface area (Å²) in [7, 11) is 0. The van der Waals surface area contributed by atoms with Crippen LogP contribution in [0.25, 0.3) is 0 Å². The molecule has 0 atom stereocenters. The van der Waals surface area contributed by atoms with Crippen molar-refractivity contribution in [1.82, 2.24) is 10.3 Å². The monoisotopic (exact) mass is 277 g/mol. The third-order valence-corrected chi connectivity index (χ3v) is 3.86. The zero-order valence-corrected chi connectivity index (χ0v) is 11.9. The molecule has 0 aliphatic carbocycles. The Kier molecular flexibility index (Phi) is 5.42. The highest BCUT2D eigenvalue weighted by molar-refractivity contribution is 7.99. The first-order chi connectivity index (χ1) is 9.24. The molecule has 1 aliphatic heterocycles. The minimum atomic E-state index is -0.0456. The van der Waals surface area contributed by atoms with Crippen LogP contribution in [0.1, 0.15) is 11.1 Å². The highest BCUT2D eigenvalue weighted by atomic mass is 32.2. The lowest BCUT2D eigenvalue weighted by Gasteiger charge is -2.24. The van der Waals surface area contributed by atoms with Crippen LogP contribution < -0.4 is 5.43 Å². The Morgan fingerprint density at radius 2 is 2.26 bits per heavy atom. The topological polar surface area (TPSA) is 44.7 Å². The highest BCUT2D eigenvalue weighted by Gasteiger charge is 2.13. The number of nitrogens with zero attached hydrogens (tertiary/aromatic N) is 2. The van der Waals surface area contributed by atoms with Crippen molar-refractivity contribution in [2.45, 2.75) is 6.92 Å². The van der Waals surface area contributed by atoms with E-state index in [9.17, 15) is 4.79 Å². The number of carbonyl (C=O) groups is 1. The van der Waals surface area contributed by atoms with Crippen molar-refractivity contribution in [1.29, 1.82) is 0 Å². The van der Waals surface area contributed by atoms with Crippen molar-refractivity contribution in [2.24, 2.45) is 5.10 Å². The van der Waals surface area contributed by atoms with Gasteiger partial charge in [-0.15, -0.1) is 0 Å². The number of aryl methyl sites for hydroxylation is 1. The van der Waals surface area contributed by atoms with Gasteiger partial charge in [0.1, 0.15) is 0 Å². The van der Waals surface area contributed by atoms with E-state index in [2.05, 4.69) is 15.4 Å². The van der Waals surface area contributed by atoms with Gasteiger partial charge in [-0.2, -0.15) is 16.9 Å². The summed E-state index contributed by atoms with van der Waals surface area (Å²) in [5.41, 5.74) is 4.76. The van der Waals surface area contributed by atoms with E-state index in [1.165, 1.54) is 5.56 Å². The number of hydrogen-bond donors (Lipinski definition) is 1. The number of rotatable bonds is 4. The van der Waals surface area contributed by atoms with E-state index in [1.54, 1.807) is 6.21 Å². The van der Waals surface area contributed by atoms with Crippen LogP contribution in [0, 0.1) is 6.92 Å². The Morgan fingerprint density at radius 1 is 1.47 bits per heavy atom. The van der Waals surface area contributed by atoms with Gasteiger partial charge in [-0.05, 0) is 12.5 Å². The number of hydrazone groups is 1. The fraction of sp³-hybridized carbons (Fsp3) is 0.429. The van der Waals surface area contributed by atoms with E-state index in [0.717, 1.165) is 30.2 Å². The van der Waals surface area contributed by atoms with Crippen LogP contribution in [-0.2, 0) is 4.79 Å². The maximum Gasteiger partial charge on any atom is 0.254 e. The quantitative estimate of drug-likeness (QED) is 0.670. The van der Waals surface area contributed by atoms with Crippen LogP contribution in [0.5, 0.6) is 0 Å². The normalized spacial score (nSPS) is 16.7. The van der Waals surface area contributed by atoms with Crippen LogP contribution in [0.15, 0.2) is 29.4 Å². The van der Waals surface area contributed by atoms with Crippen molar-refractivity contribution in [3.8, 4) is 0 Å². The van der Waals surface area contributed by atoms with Gasteiger partial charge in [0.05, 0.1) is 12.8 Å². The van der Waals surface area contributed by atoms with Gasteiger partial charge in [-0.3, -0.25) is 9.69 Å². The van der Waals surface area contributed by atoms with E-state index in [4.69, 9.17) is 0 Å². The number of thioether (sulfide) groups is 1. The summed E-state index contributed by atoms with van der Waals surface area (Å²) in [6.45, 7) is 4.44. The Hall–Kier alpha value is -1.33. The Balaban J connectivity index is 1.76. The summed E-state index contributed by atoms with van der Waals surface area (Å²) in [6, 6.07) is 8.00. The second kappa shape index (κ2) is 7.31. The van der Waals surface area contributed by atoms with Crippen LogP contribution in [0.4, 0.5) is 0 Å². The Morgan fingerprint density at radius 3 is 3.00 bits per heavy atom. The molecule has 1 fully saturated rings. The first-order valence-corrected chi connectivity index (χ1v) is 7.58. The van der Waals surface area contributed by atoms with Gasteiger partial charge in [-0.25, -0.2) is 5.43 Å². The molecule has 0 radical (unpaired) electrons. The molecule has 19 heavy (non-hydrogen) atoms. The van der Waals surface area contributed by atoms with Crippen molar-refractivity contribution in [3.05, 3.63) is 35.4 Å². The first kappa shape index (κ1) is 14.1. The fourth-order valence-corrected chi connectivity index (χ4v) is 2.91. The number of hydrogen-bond acceptors (Lipinski definition) is 4. The minimum Gasteiger partial charge on any atom is -0.293 e. The average molecular weight is 277 g/mol. The number of nitrogens with one attached hydrogen (secondary N) is 1. The minimum absolute atomic E-state index is 0.0456. The molecule has 1 amide bonds. The second-order valence-corrected chi connectivity index (χ2v) is 5.82. The van der Waals surface area contributed by atoms with Crippen LogP contribution in [0.2, 0.25) is 0 Å². The van der Waals surface area contributed by atoms with Gasteiger partial charge in [0.15, 0.2) is 0 Å². The van der Waals surface area contributed by atoms with Gasteiger partial charge in [0.25, 0.3) is 5.91 Å². The smallest absolute Gasteiger partial charge is 0.254 e. The molecular formula is C14H19N3OS. The molecule has 1 heterocycles. The lowest BCUT2D eigenvalue weighted by Crippen LogP contribution is -2.40. The molecule has 0 spiro atoms. The third-order valence-electron chi connectivity index (χ3n) is 2.92. The van der Waals surface area contributed by atoms with Gasteiger partial charge >= 0.3 is 0 Å². The summed E-state index contributed by atoms with van der Waals surface area (Å²) in [5, 5.41) is 3.99. The zero-order chi connectivity index (χ0) is 13.5. The molecule has 0 saturated carbocycles. The molecule has 1 N–H and O–H groups in total. The molecule has 0 bridgehead atoms. The summed E-state index contributed by atoms with van der Waals surface area (Å²) >= 11 is 1.94. The van der Waals surface area contributed by atoms with Crippen molar-refractivity contribution in [3.63, 3.8) is 0 Å². The molecular weight excluding hydrogens is 258 g/mol. The lowest BCUT2D eigenvalue weighted by molar-refractivity contribution is -0.122. The summed E-state index contributed by atoms with van der Waals surface area (Å²) < 4.78 is 0. The molecule has 4 nitrogen and oxygen atoms in total. The van der Waals surface area contributed by atoms with Gasteiger partial charge in [0.2, 0.25) is 0 Å². The summed E-state index contributed by atoms with van der Waals surface area (Å²) in [6.07, 6.45) is 1.68. The molecule has 1 aliphatic rings. The SMILES string of the molecule is Cc1cccc(/C=N\NC(=O)CN2CCSCC2)c1. The molecule has 0 unspecified atom stereocenters. The number of amides is 1. The maximum absolute atomic E-state index is 11.7. The number of carbonyl (C=O) groups excluding carboxylic acids is 1. The zero-order valence-electron chi connectivity index (χ0n) is 11.1. The van der Waals surface area contributed by atoms with Crippen LogP contribution >= 0.6 is 11.8 Å². The predicted molar refractivity (Wildman–Crippen MR) is 80.7 cm³/mol. The molecule has 5 heteroatoms. The standard InChI is InChI=1S/C14H19N3OS/c1-12-3-2-4-13(9-12)10-15-16-14(18)11-17-5-7-19-8-6-17/h2-4,9-10H,5-8,11H2,1H3,(H,16,18)/b15-10-. The van der Waals surface area contributed by atoms with Crippen LogP contribution in [0.3, 0.4) is 0 Å². The third kappa shape index (κ3) is 5.04. The lowest BCUT2D eigenvalue weighted by atomic mass is 10.2. The van der Waals surface area contributed by atoms with Gasteiger partial charge in [-0.1, -0.05) is 29.8 Å². The molecule has 0 aromatic heterocycles. The highest BCUT2D eigenvalue weighted by Crippen LogP contribution is 2.08. The fourth-order valence-electron chi connectivity index (χ4n) is 1.93. The van der Waals surface area contributed by atoms with Crippen molar-refractivity contribution in [2.75, 3.05) is 31.1 Å². The summed E-state index contributed by atoms with van der Waals surface area (Å²) in [4.78, 5) is 13.9. The average Bonchev–Trinajstić information content (AvgIpc) is 2.40. The molecule has 1 aromatic rings. The molecule has 102 valence electrons. The Labute approximate surface area is 118 Å². The van der Waals surface area contributed by atoms with Crippen molar-refractivity contribution >= 4 is 23.9 Å². The summed E-state index contributed by atoms with van der Waals surface area (Å²) in [5.74, 6) is 2.18. The van der Waals surface area contributed by atoms with Gasteiger partial charge in [0, 0.05) is 24.6 Å². The van der Waals surface area contributed by atoms with E-state index in [1.807, 2.05) is 43.0 Å². The number of benzene rings is 1. The van der Waals surface area contributed by atoms with E-state index < -0.39 is 0 Å². The van der Waals surface area contributed by atoms with E-state index in [-0.39, 0.29) is 5.91 Å². The van der Waals surface area contributed by atoms with Crippen molar-refractivity contribution < 1.29 is 4.79 Å². The first-order valence-electron chi connectivity index (χ1n) is 6.43. The van der Waals surface area contributed by atoms with Gasteiger partial charge < -0.3 is 0 Å². The van der Waals surface area contributed by atoms with Crippen LogP contribution in [-0.4, -0.2) is 48.2 Å². The Bertz CT molecular complexity index is 456. The van der Waals surface area contributed by atoms with E-state index in [0.29, 0.717) is 6.54 Å². The predicted octanol–water partition coefficient (Wildman–Crippen LogP) is 1.49.